The number of anilines is 2. The largest absolute Gasteiger partial charge is 0.326 e. The van der Waals surface area contributed by atoms with Gasteiger partial charge in [0.2, 0.25) is 5.91 Å². The maximum atomic E-state index is 12.6. The second kappa shape index (κ2) is 8.91. The van der Waals surface area contributed by atoms with E-state index in [-0.39, 0.29) is 18.2 Å². The number of amides is 2. The zero-order valence-electron chi connectivity index (χ0n) is 15.9. The summed E-state index contributed by atoms with van der Waals surface area (Å²) in [6.07, 6.45) is 0.201. The Labute approximate surface area is 177 Å². The number of carbonyl (C=O) groups is 2. The molecule has 3 rings (SSSR count). The lowest BCUT2D eigenvalue weighted by atomic mass is 10.1. The number of nitrogens with one attached hydrogen (secondary N) is 2. The maximum absolute atomic E-state index is 12.6. The summed E-state index contributed by atoms with van der Waals surface area (Å²) in [5.74, 6) is -0.530. The van der Waals surface area contributed by atoms with Crippen LogP contribution in [0.25, 0.3) is 0 Å². The number of nitriles is 1. The van der Waals surface area contributed by atoms with Crippen molar-refractivity contribution in [1.82, 2.24) is 0 Å². The van der Waals surface area contributed by atoms with Crippen molar-refractivity contribution in [2.24, 2.45) is 0 Å². The molecule has 0 aliphatic rings. The molecule has 0 saturated heterocycles. The van der Waals surface area contributed by atoms with Gasteiger partial charge < -0.3 is 10.6 Å². The number of halogens is 1. The number of aryl methyl sites for hydroxylation is 1. The summed E-state index contributed by atoms with van der Waals surface area (Å²) in [5.41, 5.74) is 3.11. The van der Waals surface area contributed by atoms with Crippen LogP contribution < -0.4 is 10.6 Å². The van der Waals surface area contributed by atoms with Crippen LogP contribution in [0.5, 0.6) is 0 Å². The number of nitrogens with zero attached hydrogens (tertiary/aromatic N) is 1. The van der Waals surface area contributed by atoms with Gasteiger partial charge in [-0.1, -0.05) is 29.8 Å². The van der Waals surface area contributed by atoms with Crippen molar-refractivity contribution in [3.05, 3.63) is 80.7 Å². The minimum absolute atomic E-state index is 0.193. The van der Waals surface area contributed by atoms with E-state index in [1.54, 1.807) is 48.5 Å². The monoisotopic (exact) mass is 423 g/mol. The van der Waals surface area contributed by atoms with Gasteiger partial charge in [-0.2, -0.15) is 5.26 Å². The average molecular weight is 424 g/mol. The van der Waals surface area contributed by atoms with E-state index in [1.165, 1.54) is 11.3 Å². The van der Waals surface area contributed by atoms with Gasteiger partial charge in [-0.3, -0.25) is 9.59 Å². The summed E-state index contributed by atoms with van der Waals surface area (Å²) in [6, 6.07) is 15.9. The summed E-state index contributed by atoms with van der Waals surface area (Å²) < 4.78 is 0. The Morgan fingerprint density at radius 1 is 1.10 bits per heavy atom. The summed E-state index contributed by atoms with van der Waals surface area (Å²) >= 11 is 7.23. The highest BCUT2D eigenvalue weighted by atomic mass is 35.5. The van der Waals surface area contributed by atoms with Gasteiger partial charge in [0.1, 0.15) is 11.1 Å². The van der Waals surface area contributed by atoms with Crippen LogP contribution >= 0.6 is 22.9 Å². The fourth-order valence-corrected chi connectivity index (χ4v) is 3.89. The number of hydrogen-bond acceptors (Lipinski definition) is 4. The molecule has 0 saturated carbocycles. The fourth-order valence-electron chi connectivity index (χ4n) is 2.76. The number of benzene rings is 2. The Hall–Kier alpha value is -3.14. The molecule has 2 aromatic carbocycles. The Kier molecular flexibility index (Phi) is 6.32. The number of hydrogen-bond donors (Lipinski definition) is 2. The highest BCUT2D eigenvalue weighted by molar-refractivity contribution is 7.16. The second-order valence-corrected chi connectivity index (χ2v) is 8.15. The molecule has 5 nitrogen and oxygen atoms in total. The third-order valence-electron chi connectivity index (χ3n) is 4.41. The molecule has 2 N–H and O–H groups in total. The molecule has 0 bridgehead atoms. The van der Waals surface area contributed by atoms with Gasteiger partial charge in [-0.25, -0.2) is 0 Å². The van der Waals surface area contributed by atoms with Gasteiger partial charge in [0.05, 0.1) is 12.0 Å². The minimum Gasteiger partial charge on any atom is -0.326 e. The molecule has 0 unspecified atom stereocenters. The van der Waals surface area contributed by atoms with Crippen molar-refractivity contribution >= 4 is 45.4 Å². The summed E-state index contributed by atoms with van der Waals surface area (Å²) in [6.45, 7) is 3.77. The van der Waals surface area contributed by atoms with Crippen LogP contribution in [0, 0.1) is 25.2 Å². The summed E-state index contributed by atoms with van der Waals surface area (Å²) in [7, 11) is 0. The predicted octanol–water partition coefficient (Wildman–Crippen LogP) is 5.32. The topological polar surface area (TPSA) is 82.0 Å². The lowest BCUT2D eigenvalue weighted by Gasteiger charge is -2.08. The van der Waals surface area contributed by atoms with Gasteiger partial charge in [0.15, 0.2) is 0 Å². The minimum atomic E-state index is -0.337. The molecule has 0 aliphatic carbocycles. The van der Waals surface area contributed by atoms with E-state index < -0.39 is 0 Å². The van der Waals surface area contributed by atoms with E-state index in [1.807, 2.05) is 13.8 Å². The van der Waals surface area contributed by atoms with E-state index in [9.17, 15) is 14.9 Å². The van der Waals surface area contributed by atoms with Gasteiger partial charge >= 0.3 is 0 Å². The van der Waals surface area contributed by atoms with Crippen LogP contribution in [0.3, 0.4) is 0 Å². The standard InChI is InChI=1S/C22H18ClN3O2S/c1-13-14(2)29-22(19(13)12-24)26-21(28)16-4-3-5-18(11-16)25-20(27)10-15-6-8-17(23)9-7-15/h3-9,11H,10H2,1-2H3,(H,25,27)(H,26,28). The molecule has 0 atom stereocenters. The Morgan fingerprint density at radius 3 is 2.52 bits per heavy atom. The SMILES string of the molecule is Cc1sc(NC(=O)c2cccc(NC(=O)Cc3ccc(Cl)cc3)c2)c(C#N)c1C. The van der Waals surface area contributed by atoms with Crippen LogP contribution in [0.4, 0.5) is 10.7 Å². The number of rotatable bonds is 5. The fraction of sp³-hybridized carbons (Fsp3) is 0.136. The molecule has 1 aromatic heterocycles. The molecule has 2 amide bonds. The third kappa shape index (κ3) is 5.02. The molecule has 0 spiro atoms. The van der Waals surface area contributed by atoms with Gasteiger partial charge in [-0.15, -0.1) is 11.3 Å². The van der Waals surface area contributed by atoms with E-state index in [2.05, 4.69) is 16.7 Å². The molecule has 0 aliphatic heterocycles. The van der Waals surface area contributed by atoms with Gasteiger partial charge in [0, 0.05) is 21.2 Å². The number of thiophene rings is 1. The summed E-state index contributed by atoms with van der Waals surface area (Å²) in [4.78, 5) is 25.9. The van der Waals surface area contributed by atoms with Crippen molar-refractivity contribution in [2.75, 3.05) is 10.6 Å². The molecule has 0 radical (unpaired) electrons. The highest BCUT2D eigenvalue weighted by Gasteiger charge is 2.16. The van der Waals surface area contributed by atoms with Crippen LogP contribution in [-0.4, -0.2) is 11.8 Å². The Balaban J connectivity index is 1.69. The first-order valence-electron chi connectivity index (χ1n) is 8.83. The molecule has 3 aromatic rings. The first-order valence-corrected chi connectivity index (χ1v) is 10.0. The van der Waals surface area contributed by atoms with Crippen LogP contribution in [0.1, 0.15) is 31.9 Å². The average Bonchev–Trinajstić information content (AvgIpc) is 2.96. The van der Waals surface area contributed by atoms with Crippen molar-refractivity contribution in [3.63, 3.8) is 0 Å². The smallest absolute Gasteiger partial charge is 0.256 e. The van der Waals surface area contributed by atoms with Crippen molar-refractivity contribution in [1.29, 1.82) is 5.26 Å². The van der Waals surface area contributed by atoms with E-state index in [0.29, 0.717) is 26.8 Å². The van der Waals surface area contributed by atoms with Crippen LogP contribution in [0.15, 0.2) is 48.5 Å². The van der Waals surface area contributed by atoms with Crippen molar-refractivity contribution in [3.8, 4) is 6.07 Å². The molecule has 29 heavy (non-hydrogen) atoms. The Bertz CT molecular complexity index is 1110. The van der Waals surface area contributed by atoms with Crippen molar-refractivity contribution < 1.29 is 9.59 Å². The van der Waals surface area contributed by atoms with Crippen LogP contribution in [-0.2, 0) is 11.2 Å². The normalized spacial score (nSPS) is 10.3. The van der Waals surface area contributed by atoms with Gasteiger partial charge in [0.25, 0.3) is 5.91 Å². The van der Waals surface area contributed by atoms with E-state index >= 15 is 0 Å². The molecule has 146 valence electrons. The zero-order chi connectivity index (χ0) is 21.0. The summed E-state index contributed by atoms with van der Waals surface area (Å²) in [5, 5.41) is 16.1. The number of carbonyl (C=O) groups excluding carboxylic acids is 2. The van der Waals surface area contributed by atoms with E-state index in [4.69, 9.17) is 11.6 Å². The first kappa shape index (κ1) is 20.6. The van der Waals surface area contributed by atoms with Crippen LogP contribution in [0.2, 0.25) is 5.02 Å². The van der Waals surface area contributed by atoms with Crippen molar-refractivity contribution in [2.45, 2.75) is 20.3 Å². The second-order valence-electron chi connectivity index (χ2n) is 6.49. The zero-order valence-corrected chi connectivity index (χ0v) is 17.4. The molecular weight excluding hydrogens is 406 g/mol. The molecule has 1 heterocycles. The molecule has 0 fully saturated rings. The van der Waals surface area contributed by atoms with Gasteiger partial charge in [-0.05, 0) is 55.3 Å². The quantitative estimate of drug-likeness (QED) is 0.582. The molecular formula is C22H18ClN3O2S. The third-order valence-corrected chi connectivity index (χ3v) is 5.79. The highest BCUT2D eigenvalue weighted by Crippen LogP contribution is 2.32. The van der Waals surface area contributed by atoms with E-state index in [0.717, 1.165) is 16.0 Å². The maximum Gasteiger partial charge on any atom is 0.256 e. The lowest BCUT2D eigenvalue weighted by molar-refractivity contribution is -0.115. The molecule has 7 heteroatoms. The Morgan fingerprint density at radius 2 is 1.83 bits per heavy atom. The first-order chi connectivity index (χ1) is 13.9. The predicted molar refractivity (Wildman–Crippen MR) is 117 cm³/mol. The lowest BCUT2D eigenvalue weighted by Crippen LogP contribution is -2.16.